The Balaban J connectivity index is 0.00000182. The molecule has 0 bridgehead atoms. The lowest BCUT2D eigenvalue weighted by atomic mass is 10.0. The molecule has 0 amide bonds. The topological polar surface area (TPSA) is 52.5 Å². The third-order valence-corrected chi connectivity index (χ3v) is 4.14. The predicted octanol–water partition coefficient (Wildman–Crippen LogP) is 5.51. The van der Waals surface area contributed by atoms with Gasteiger partial charge in [-0.2, -0.15) is 5.26 Å². The molecule has 0 unspecified atom stereocenters. The van der Waals surface area contributed by atoms with Gasteiger partial charge in [0.05, 0.1) is 16.6 Å². The molecule has 0 fully saturated rings. The molecule has 4 rings (SSSR count). The first kappa shape index (κ1) is 16.8. The van der Waals surface area contributed by atoms with Crippen LogP contribution in [0, 0.1) is 18.3 Å². The molecule has 0 saturated heterocycles. The highest BCUT2D eigenvalue weighted by Crippen LogP contribution is 2.24. The fraction of sp³-hybridized carbons (Fsp3) is 0.0476. The van der Waals surface area contributed by atoms with E-state index in [9.17, 15) is 5.26 Å². The molecule has 0 radical (unpaired) electrons. The molecule has 1 N–H and O–H groups in total. The van der Waals surface area contributed by atoms with Crippen LogP contribution >= 0.6 is 12.4 Å². The highest BCUT2D eigenvalue weighted by molar-refractivity contribution is 5.98. The SMILES string of the molecule is Cc1ccc2nc(C(C#N)=Cc3cccc4ccccc34)[nH]c2c1.Cl. The Morgan fingerprint density at radius 2 is 1.88 bits per heavy atom. The van der Waals surface area contributed by atoms with Crippen LogP contribution in [0.15, 0.2) is 60.7 Å². The number of imidazole rings is 1. The lowest BCUT2D eigenvalue weighted by Gasteiger charge is -2.02. The Hall–Kier alpha value is -3.09. The second kappa shape index (κ2) is 6.80. The summed E-state index contributed by atoms with van der Waals surface area (Å²) in [5.41, 5.74) is 4.52. The molecule has 3 aromatic carbocycles. The van der Waals surface area contributed by atoms with E-state index in [0.717, 1.165) is 32.9 Å². The van der Waals surface area contributed by atoms with Crippen LogP contribution in [0.2, 0.25) is 0 Å². The lowest BCUT2D eigenvalue weighted by Crippen LogP contribution is -1.86. The number of rotatable bonds is 2. The van der Waals surface area contributed by atoms with Crippen molar-refractivity contribution in [2.24, 2.45) is 0 Å². The quantitative estimate of drug-likeness (QED) is 0.487. The highest BCUT2D eigenvalue weighted by Gasteiger charge is 2.09. The summed E-state index contributed by atoms with van der Waals surface area (Å²) in [6.07, 6.45) is 1.90. The van der Waals surface area contributed by atoms with Crippen molar-refractivity contribution in [3.63, 3.8) is 0 Å². The van der Waals surface area contributed by atoms with E-state index in [0.29, 0.717) is 11.4 Å². The number of nitrogens with one attached hydrogen (secondary N) is 1. The van der Waals surface area contributed by atoms with Crippen molar-refractivity contribution >= 4 is 45.9 Å². The average Bonchev–Trinajstić information content (AvgIpc) is 3.02. The summed E-state index contributed by atoms with van der Waals surface area (Å²) in [5, 5.41) is 11.9. The molecule has 122 valence electrons. The smallest absolute Gasteiger partial charge is 0.149 e. The van der Waals surface area contributed by atoms with Crippen molar-refractivity contribution in [3.8, 4) is 6.07 Å². The summed E-state index contributed by atoms with van der Waals surface area (Å²) >= 11 is 0. The molecule has 0 saturated carbocycles. The third kappa shape index (κ3) is 3.13. The van der Waals surface area contributed by atoms with Crippen LogP contribution in [0.4, 0.5) is 0 Å². The standard InChI is InChI=1S/C21H15N3.ClH/c1-14-9-10-19-20(11-14)24-21(23-19)17(13-22)12-16-7-4-6-15-5-2-3-8-18(15)16;/h2-12H,1H3,(H,23,24);1H. The minimum Gasteiger partial charge on any atom is -0.337 e. The molecule has 0 aliphatic heterocycles. The maximum Gasteiger partial charge on any atom is 0.149 e. The summed E-state index contributed by atoms with van der Waals surface area (Å²) in [6, 6.07) is 22.6. The predicted molar refractivity (Wildman–Crippen MR) is 106 cm³/mol. The van der Waals surface area contributed by atoms with Gasteiger partial charge >= 0.3 is 0 Å². The molecule has 25 heavy (non-hydrogen) atoms. The largest absolute Gasteiger partial charge is 0.337 e. The number of nitriles is 1. The average molecular weight is 346 g/mol. The van der Waals surface area contributed by atoms with Gasteiger partial charge in [-0.25, -0.2) is 4.98 Å². The Bertz CT molecular complexity index is 1130. The van der Waals surface area contributed by atoms with Gasteiger partial charge in [-0.3, -0.25) is 0 Å². The van der Waals surface area contributed by atoms with Crippen molar-refractivity contribution in [1.82, 2.24) is 9.97 Å². The number of nitrogens with zero attached hydrogens (tertiary/aromatic N) is 2. The Labute approximate surface area is 152 Å². The van der Waals surface area contributed by atoms with E-state index in [4.69, 9.17) is 0 Å². The van der Waals surface area contributed by atoms with Crippen molar-refractivity contribution in [1.29, 1.82) is 5.26 Å². The van der Waals surface area contributed by atoms with Crippen LogP contribution in [0.3, 0.4) is 0 Å². The molecule has 3 nitrogen and oxygen atoms in total. The molecular weight excluding hydrogens is 330 g/mol. The number of hydrogen-bond acceptors (Lipinski definition) is 2. The number of aromatic nitrogens is 2. The van der Waals surface area contributed by atoms with Gasteiger partial charge in [-0.05, 0) is 47.0 Å². The zero-order valence-electron chi connectivity index (χ0n) is 13.7. The van der Waals surface area contributed by atoms with Crippen LogP contribution in [-0.4, -0.2) is 9.97 Å². The molecule has 1 heterocycles. The second-order valence-electron chi connectivity index (χ2n) is 5.84. The Morgan fingerprint density at radius 1 is 1.08 bits per heavy atom. The number of aryl methyl sites for hydroxylation is 1. The van der Waals surface area contributed by atoms with E-state index in [1.54, 1.807) is 0 Å². The number of fused-ring (bicyclic) bond motifs is 2. The van der Waals surface area contributed by atoms with Gasteiger partial charge < -0.3 is 4.98 Å². The third-order valence-electron chi connectivity index (χ3n) is 4.14. The van der Waals surface area contributed by atoms with E-state index in [2.05, 4.69) is 34.2 Å². The van der Waals surface area contributed by atoms with Crippen molar-refractivity contribution in [2.75, 3.05) is 0 Å². The summed E-state index contributed by atoms with van der Waals surface area (Å²) in [4.78, 5) is 7.81. The Morgan fingerprint density at radius 3 is 2.72 bits per heavy atom. The molecular formula is C21H16ClN3. The van der Waals surface area contributed by atoms with Gasteiger partial charge in [-0.15, -0.1) is 12.4 Å². The van der Waals surface area contributed by atoms with Crippen LogP contribution in [-0.2, 0) is 0 Å². The first-order valence-corrected chi connectivity index (χ1v) is 7.81. The van der Waals surface area contributed by atoms with Gasteiger partial charge in [0.2, 0.25) is 0 Å². The lowest BCUT2D eigenvalue weighted by molar-refractivity contribution is 1.27. The van der Waals surface area contributed by atoms with Crippen LogP contribution in [0.1, 0.15) is 17.0 Å². The van der Waals surface area contributed by atoms with Crippen LogP contribution < -0.4 is 0 Å². The molecule has 4 heteroatoms. The molecule has 4 aromatic rings. The van der Waals surface area contributed by atoms with Crippen molar-refractivity contribution in [3.05, 3.63) is 77.6 Å². The number of hydrogen-bond donors (Lipinski definition) is 1. The monoisotopic (exact) mass is 345 g/mol. The minimum absolute atomic E-state index is 0. The van der Waals surface area contributed by atoms with E-state index in [-0.39, 0.29) is 12.4 Å². The van der Waals surface area contributed by atoms with E-state index >= 15 is 0 Å². The van der Waals surface area contributed by atoms with Gasteiger partial charge in [0.1, 0.15) is 11.9 Å². The van der Waals surface area contributed by atoms with E-state index in [1.807, 2.05) is 55.5 Å². The maximum absolute atomic E-state index is 9.61. The van der Waals surface area contributed by atoms with Crippen LogP contribution in [0.5, 0.6) is 0 Å². The second-order valence-corrected chi connectivity index (χ2v) is 5.84. The number of halogens is 1. The summed E-state index contributed by atoms with van der Waals surface area (Å²) in [5.74, 6) is 0.603. The van der Waals surface area contributed by atoms with Gasteiger partial charge in [0.15, 0.2) is 0 Å². The number of H-pyrrole nitrogens is 1. The summed E-state index contributed by atoms with van der Waals surface area (Å²) in [7, 11) is 0. The first-order valence-electron chi connectivity index (χ1n) is 7.81. The maximum atomic E-state index is 9.61. The van der Waals surface area contributed by atoms with Gasteiger partial charge in [0.25, 0.3) is 0 Å². The van der Waals surface area contributed by atoms with Gasteiger partial charge in [-0.1, -0.05) is 48.5 Å². The minimum atomic E-state index is 0. The van der Waals surface area contributed by atoms with E-state index in [1.165, 1.54) is 0 Å². The normalized spacial score (nSPS) is 11.3. The highest BCUT2D eigenvalue weighted by atomic mass is 35.5. The van der Waals surface area contributed by atoms with Crippen molar-refractivity contribution < 1.29 is 0 Å². The van der Waals surface area contributed by atoms with Gasteiger partial charge in [0, 0.05) is 0 Å². The van der Waals surface area contributed by atoms with Crippen LogP contribution in [0.25, 0.3) is 33.5 Å². The first-order chi connectivity index (χ1) is 11.7. The zero-order valence-corrected chi connectivity index (χ0v) is 14.5. The molecule has 0 aliphatic rings. The zero-order chi connectivity index (χ0) is 16.5. The summed E-state index contributed by atoms with van der Waals surface area (Å²) in [6.45, 7) is 2.04. The number of aromatic amines is 1. The Kier molecular flexibility index (Phi) is 4.56. The van der Waals surface area contributed by atoms with Crippen molar-refractivity contribution in [2.45, 2.75) is 6.92 Å². The van der Waals surface area contributed by atoms with E-state index < -0.39 is 0 Å². The molecule has 0 aliphatic carbocycles. The fourth-order valence-electron chi connectivity index (χ4n) is 2.94. The number of allylic oxidation sites excluding steroid dienone is 1. The molecule has 0 atom stereocenters. The molecule has 1 aromatic heterocycles. The number of benzene rings is 3. The fourth-order valence-corrected chi connectivity index (χ4v) is 2.94. The summed E-state index contributed by atoms with van der Waals surface area (Å²) < 4.78 is 0. The molecule has 0 spiro atoms.